The molecule has 346 valence electrons. The summed E-state index contributed by atoms with van der Waals surface area (Å²) >= 11 is 10.2. The molecule has 7 rings (SSSR count). The van der Waals surface area contributed by atoms with Crippen molar-refractivity contribution in [1.29, 1.82) is 0 Å². The molecule has 1 unspecified atom stereocenters. The van der Waals surface area contributed by atoms with Crippen LogP contribution in [0.3, 0.4) is 0 Å². The topological polar surface area (TPSA) is 75.8 Å². The second-order valence-corrected chi connectivity index (χ2v) is 29.6. The Morgan fingerprint density at radius 3 is 1.31 bits per heavy atom. The number of benzene rings is 4. The molecule has 0 saturated heterocycles. The van der Waals surface area contributed by atoms with Gasteiger partial charge in [-0.2, -0.15) is 0 Å². The van der Waals surface area contributed by atoms with Gasteiger partial charge in [0.1, 0.15) is 0 Å². The summed E-state index contributed by atoms with van der Waals surface area (Å²) in [5.74, 6) is 0.980. The molecule has 11 heteroatoms. The van der Waals surface area contributed by atoms with E-state index in [-0.39, 0.29) is 22.5 Å². The Morgan fingerprint density at radius 2 is 1.05 bits per heavy atom. The quantitative estimate of drug-likeness (QED) is 0.0514. The predicted molar refractivity (Wildman–Crippen MR) is 283 cm³/mol. The molecule has 2 aliphatic carbocycles. The van der Waals surface area contributed by atoms with Gasteiger partial charge < -0.3 is 24.1 Å². The Balaban J connectivity index is 0.000000207. The first-order valence-corrected chi connectivity index (χ1v) is 29.4. The maximum Gasteiger partial charge on any atom is 0.261 e. The smallest absolute Gasteiger partial charge is 0.261 e. The monoisotopic (exact) mass is 1000 g/mol. The lowest BCUT2D eigenvalue weighted by Gasteiger charge is -2.46. The van der Waals surface area contributed by atoms with Crippen molar-refractivity contribution < 1.29 is 18.3 Å². The molecule has 6 nitrogen and oxygen atoms in total. The predicted octanol–water partition coefficient (Wildman–Crippen LogP) is 11.5. The number of nitrogens with two attached hydrogens (primary N) is 1. The van der Waals surface area contributed by atoms with Crippen LogP contribution < -0.4 is 26.5 Å². The summed E-state index contributed by atoms with van der Waals surface area (Å²) in [4.78, 5) is 5.23. The van der Waals surface area contributed by atoms with E-state index in [4.69, 9.17) is 36.3 Å². The molecule has 4 aromatic carbocycles. The van der Waals surface area contributed by atoms with E-state index in [1.54, 1.807) is 18.4 Å². The Morgan fingerprint density at radius 1 is 0.672 bits per heavy atom. The van der Waals surface area contributed by atoms with Crippen molar-refractivity contribution >= 4 is 81.9 Å². The zero-order valence-corrected chi connectivity index (χ0v) is 44.7. The van der Waals surface area contributed by atoms with Gasteiger partial charge in [-0.05, 0) is 89.1 Å². The summed E-state index contributed by atoms with van der Waals surface area (Å²) in [7, 11) is -3.26. The number of hydrogen-bond donors (Lipinski definition) is 1. The highest BCUT2D eigenvalue weighted by Gasteiger charge is 2.53. The first kappa shape index (κ1) is 52.1. The van der Waals surface area contributed by atoms with Crippen molar-refractivity contribution in [2.45, 2.75) is 134 Å². The third kappa shape index (κ3) is 13.2. The summed E-state index contributed by atoms with van der Waals surface area (Å²) in [6.45, 7) is 16.7. The van der Waals surface area contributed by atoms with E-state index in [1.807, 2.05) is 13.1 Å². The first-order valence-electron chi connectivity index (χ1n) is 23.2. The maximum absolute atomic E-state index is 7.30. The SMILES string of the molecule is CC(C)(C)[Si](OC1CCC(C(N)=S)CC1)(c1ccccc1)c1ccccc1.CC(C)(C)[Si](OC1CCC(c2nccs2)CC1)(c1ccccc1)c1ccccc1.CCOC(CBr)OC. The van der Waals surface area contributed by atoms with Gasteiger partial charge in [0.05, 0.1) is 15.3 Å². The van der Waals surface area contributed by atoms with E-state index >= 15 is 0 Å². The van der Waals surface area contributed by atoms with Gasteiger partial charge in [0.25, 0.3) is 16.6 Å². The Labute approximate surface area is 405 Å². The molecule has 0 amide bonds. The third-order valence-corrected chi connectivity index (χ3v) is 24.8. The highest BCUT2D eigenvalue weighted by molar-refractivity contribution is 9.09. The summed E-state index contributed by atoms with van der Waals surface area (Å²) < 4.78 is 24.4. The van der Waals surface area contributed by atoms with Crippen LogP contribution in [0.1, 0.15) is 111 Å². The van der Waals surface area contributed by atoms with Gasteiger partial charge in [-0.15, -0.1) is 11.3 Å². The Bertz CT molecular complexity index is 1970. The van der Waals surface area contributed by atoms with Crippen LogP contribution in [0, 0.1) is 5.92 Å². The second kappa shape index (κ2) is 24.8. The molecule has 1 atom stereocenters. The summed E-state index contributed by atoms with van der Waals surface area (Å²) in [5.41, 5.74) is 5.89. The van der Waals surface area contributed by atoms with E-state index in [9.17, 15) is 0 Å². The average Bonchev–Trinajstić information content (AvgIpc) is 3.86. The van der Waals surface area contributed by atoms with Crippen molar-refractivity contribution in [2.24, 2.45) is 11.7 Å². The number of rotatable bonds is 14. The minimum absolute atomic E-state index is 0.0235. The normalized spacial score (nSPS) is 19.9. The van der Waals surface area contributed by atoms with Crippen molar-refractivity contribution in [3.8, 4) is 0 Å². The molecule has 0 bridgehead atoms. The van der Waals surface area contributed by atoms with E-state index in [2.05, 4.69) is 189 Å². The van der Waals surface area contributed by atoms with E-state index < -0.39 is 16.6 Å². The van der Waals surface area contributed by atoms with Crippen molar-refractivity contribution in [2.75, 3.05) is 19.0 Å². The van der Waals surface area contributed by atoms with Crippen molar-refractivity contribution in [3.63, 3.8) is 0 Å². The molecule has 2 saturated carbocycles. The van der Waals surface area contributed by atoms with Crippen LogP contribution in [0.15, 0.2) is 133 Å². The van der Waals surface area contributed by atoms with Crippen LogP contribution in [0.4, 0.5) is 0 Å². The fourth-order valence-corrected chi connectivity index (χ4v) is 20.6. The second-order valence-electron chi connectivity index (χ2n) is 19.1. The number of halogens is 1. The number of thiazole rings is 1. The zero-order valence-electron chi connectivity index (χ0n) is 39.5. The minimum atomic E-state index is -2.45. The van der Waals surface area contributed by atoms with Crippen molar-refractivity contribution in [3.05, 3.63) is 138 Å². The van der Waals surface area contributed by atoms with Gasteiger partial charge >= 0.3 is 0 Å². The number of ether oxygens (including phenoxy) is 2. The van der Waals surface area contributed by atoms with Gasteiger partial charge in [-0.1, -0.05) is 191 Å². The van der Waals surface area contributed by atoms with Crippen LogP contribution >= 0.6 is 39.5 Å². The van der Waals surface area contributed by atoms with E-state index in [1.165, 1.54) is 38.6 Å². The largest absolute Gasteiger partial charge is 0.404 e. The van der Waals surface area contributed by atoms with Gasteiger partial charge in [-0.3, -0.25) is 0 Å². The average molecular weight is 1000 g/mol. The van der Waals surface area contributed by atoms with Crippen LogP contribution in [0.5, 0.6) is 0 Å². The van der Waals surface area contributed by atoms with Crippen LogP contribution in [-0.4, -0.2) is 64.2 Å². The van der Waals surface area contributed by atoms with Gasteiger partial charge in [0.15, 0.2) is 6.29 Å². The van der Waals surface area contributed by atoms with E-state index in [0.717, 1.165) is 43.9 Å². The summed E-state index contributed by atoms with van der Waals surface area (Å²) in [6.07, 6.45) is 11.2. The van der Waals surface area contributed by atoms with Gasteiger partial charge in [-0.25, -0.2) is 4.98 Å². The fourth-order valence-electron chi connectivity index (χ4n) is 9.57. The zero-order chi connectivity index (χ0) is 46.2. The standard InChI is InChI=1S/C25H31NOSSi.C23H31NOSSi.C5H11BrO2/c1-25(2,3)29(22-10-6-4-7-11-22,23-12-8-5-9-13-23)27-21-16-14-20(15-17-21)24-26-18-19-28-24;1-23(2,3)27(20-10-6-4-7-11-20,21-12-8-5-9-13-21)25-19-16-14-18(15-17-19)22(24)26;1-3-8-5(4-6)7-2/h4-13,18-21H,14-17H2,1-3H3;4-13,18-19H,14-17H2,1-3H3,(H2,24,26);5H,3-4H2,1-2H3. The number of hydrogen-bond acceptors (Lipinski definition) is 7. The van der Waals surface area contributed by atoms with Crippen LogP contribution in [0.25, 0.3) is 0 Å². The molecular weight excluding hydrogens is 929 g/mol. The van der Waals surface area contributed by atoms with E-state index in [0.29, 0.717) is 29.5 Å². The Kier molecular flexibility index (Phi) is 20.2. The third-order valence-electron chi connectivity index (χ3n) is 12.8. The highest BCUT2D eigenvalue weighted by Crippen LogP contribution is 2.42. The maximum atomic E-state index is 7.30. The number of nitrogens with zero attached hydrogens (tertiary/aromatic N) is 1. The van der Waals surface area contributed by atoms with Gasteiger partial charge in [0.2, 0.25) is 0 Å². The first-order chi connectivity index (χ1) is 30.7. The lowest BCUT2D eigenvalue weighted by atomic mass is 9.87. The fraction of sp³-hybridized carbons (Fsp3) is 0.472. The molecule has 0 spiro atoms. The van der Waals surface area contributed by atoms with Crippen molar-refractivity contribution in [1.82, 2.24) is 4.98 Å². The molecular formula is C53H73BrN2O4S2Si2. The number of alkyl halides is 1. The Hall–Kier alpha value is -2.85. The molecule has 2 N–H and O–H groups in total. The number of methoxy groups -OCH3 is 1. The molecule has 2 fully saturated rings. The van der Waals surface area contributed by atoms with Gasteiger partial charge in [0, 0.05) is 49.3 Å². The molecule has 64 heavy (non-hydrogen) atoms. The molecule has 0 aliphatic heterocycles. The number of thiocarbonyl (C=S) groups is 1. The number of aromatic nitrogens is 1. The highest BCUT2D eigenvalue weighted by atomic mass is 79.9. The van der Waals surface area contributed by atoms with Crippen LogP contribution in [0.2, 0.25) is 10.1 Å². The molecule has 1 heterocycles. The molecule has 2 aliphatic rings. The summed E-state index contributed by atoms with van der Waals surface area (Å²) in [6, 6.07) is 43.7. The van der Waals surface area contributed by atoms with Crippen LogP contribution in [-0.2, 0) is 18.3 Å². The lowest BCUT2D eigenvalue weighted by Crippen LogP contribution is -2.67. The molecule has 1 aromatic heterocycles. The molecule has 5 aromatic rings. The molecule has 0 radical (unpaired) electrons. The lowest BCUT2D eigenvalue weighted by molar-refractivity contribution is -0.102. The summed E-state index contributed by atoms with van der Waals surface area (Å²) in [5, 5.41) is 9.64. The minimum Gasteiger partial charge on any atom is -0.404 e.